The highest BCUT2D eigenvalue weighted by Gasteiger charge is 2.37. The summed E-state index contributed by atoms with van der Waals surface area (Å²) in [6, 6.07) is 0. The minimum Gasteiger partial charge on any atom is -0.308 e. The van der Waals surface area contributed by atoms with Crippen molar-refractivity contribution in [1.29, 1.82) is 0 Å². The molecule has 0 radical (unpaired) electrons. The van der Waals surface area contributed by atoms with Crippen LogP contribution in [0.5, 0.6) is 0 Å². The summed E-state index contributed by atoms with van der Waals surface area (Å²) in [5.74, 6) is 0. The maximum atomic E-state index is 5.01. The molecule has 0 atom stereocenters. The summed E-state index contributed by atoms with van der Waals surface area (Å²) in [4.78, 5) is 9.11. The Labute approximate surface area is 120 Å². The van der Waals surface area contributed by atoms with Crippen LogP contribution in [-0.4, -0.2) is 36.6 Å². The van der Waals surface area contributed by atoms with Crippen LogP contribution in [-0.2, 0) is 18.4 Å². The lowest BCUT2D eigenvalue weighted by molar-refractivity contribution is 0.145. The lowest BCUT2D eigenvalue weighted by Gasteiger charge is -2.40. The molecule has 0 spiro atoms. The SMILES string of the molecule is CCN1CCC(NC)(c2nc3c(s2)CCCC3)CC1. The number of nitrogens with one attached hydrogen (secondary N) is 1. The number of aromatic nitrogens is 1. The zero-order valence-corrected chi connectivity index (χ0v) is 13.0. The number of hydrogen-bond acceptors (Lipinski definition) is 4. The first-order valence-electron chi connectivity index (χ1n) is 7.68. The number of nitrogens with zero attached hydrogens (tertiary/aromatic N) is 2. The summed E-state index contributed by atoms with van der Waals surface area (Å²) in [6.07, 6.45) is 7.53. The fourth-order valence-electron chi connectivity index (χ4n) is 3.38. The molecular weight excluding hydrogens is 254 g/mol. The van der Waals surface area contributed by atoms with Crippen LogP contribution in [0.1, 0.15) is 48.2 Å². The van der Waals surface area contributed by atoms with Gasteiger partial charge in [-0.3, -0.25) is 0 Å². The molecule has 4 heteroatoms. The summed E-state index contributed by atoms with van der Waals surface area (Å²) < 4.78 is 0. The van der Waals surface area contributed by atoms with E-state index in [1.807, 2.05) is 11.3 Å². The van der Waals surface area contributed by atoms with Crippen molar-refractivity contribution in [2.24, 2.45) is 0 Å². The van der Waals surface area contributed by atoms with Crippen LogP contribution in [0.4, 0.5) is 0 Å². The second kappa shape index (κ2) is 5.51. The van der Waals surface area contributed by atoms with E-state index in [0.29, 0.717) is 0 Å². The van der Waals surface area contributed by atoms with Crippen molar-refractivity contribution in [1.82, 2.24) is 15.2 Å². The molecule has 0 unspecified atom stereocenters. The summed E-state index contributed by atoms with van der Waals surface area (Å²) in [5.41, 5.74) is 1.55. The molecule has 2 aliphatic rings. The third-order valence-corrected chi connectivity index (χ3v) is 6.25. The predicted octanol–water partition coefficient (Wildman–Crippen LogP) is 2.55. The summed E-state index contributed by atoms with van der Waals surface area (Å²) in [7, 11) is 2.11. The molecule has 1 aliphatic heterocycles. The molecule has 3 nitrogen and oxygen atoms in total. The van der Waals surface area contributed by atoms with Gasteiger partial charge in [0.05, 0.1) is 11.2 Å². The average molecular weight is 279 g/mol. The van der Waals surface area contributed by atoms with E-state index in [0.717, 1.165) is 0 Å². The normalized spacial score (nSPS) is 23.3. The van der Waals surface area contributed by atoms with E-state index in [1.165, 1.54) is 68.9 Å². The highest BCUT2D eigenvalue weighted by molar-refractivity contribution is 7.11. The lowest BCUT2D eigenvalue weighted by Crippen LogP contribution is -2.49. The lowest BCUT2D eigenvalue weighted by atomic mass is 9.88. The Bertz CT molecular complexity index is 409. The molecule has 1 aromatic heterocycles. The molecule has 3 rings (SSSR count). The molecule has 106 valence electrons. The van der Waals surface area contributed by atoms with Gasteiger partial charge in [-0.2, -0.15) is 0 Å². The number of fused-ring (bicyclic) bond motifs is 1. The highest BCUT2D eigenvalue weighted by Crippen LogP contribution is 2.38. The molecule has 19 heavy (non-hydrogen) atoms. The van der Waals surface area contributed by atoms with E-state index in [9.17, 15) is 0 Å². The second-order valence-electron chi connectivity index (χ2n) is 5.86. The third-order valence-electron chi connectivity index (χ3n) is 4.89. The first-order valence-corrected chi connectivity index (χ1v) is 8.49. The molecular formula is C15H25N3S. The van der Waals surface area contributed by atoms with Gasteiger partial charge in [-0.1, -0.05) is 6.92 Å². The van der Waals surface area contributed by atoms with Crippen molar-refractivity contribution in [3.63, 3.8) is 0 Å². The van der Waals surface area contributed by atoms with Crippen LogP contribution in [0.2, 0.25) is 0 Å². The van der Waals surface area contributed by atoms with Gasteiger partial charge in [-0.05, 0) is 52.1 Å². The maximum Gasteiger partial charge on any atom is 0.113 e. The smallest absolute Gasteiger partial charge is 0.113 e. The Balaban J connectivity index is 1.84. The van der Waals surface area contributed by atoms with E-state index in [2.05, 4.69) is 24.2 Å². The zero-order chi connectivity index (χ0) is 13.3. The van der Waals surface area contributed by atoms with Gasteiger partial charge in [-0.15, -0.1) is 11.3 Å². The fourth-order valence-corrected chi connectivity index (χ4v) is 4.78. The standard InChI is InChI=1S/C15H25N3S/c1-3-18-10-8-15(16-2,9-11-18)14-17-12-6-4-5-7-13(12)19-14/h16H,3-11H2,1-2H3. The molecule has 1 fully saturated rings. The zero-order valence-electron chi connectivity index (χ0n) is 12.2. The second-order valence-corrected chi connectivity index (χ2v) is 6.95. The number of thiazole rings is 1. The Morgan fingerprint density at radius 1 is 1.26 bits per heavy atom. The van der Waals surface area contributed by atoms with Crippen molar-refractivity contribution in [2.45, 2.75) is 51.0 Å². The molecule has 0 aromatic carbocycles. The summed E-state index contributed by atoms with van der Waals surface area (Å²) in [5, 5.41) is 4.97. The van der Waals surface area contributed by atoms with Crippen molar-refractivity contribution < 1.29 is 0 Å². The van der Waals surface area contributed by atoms with Crippen molar-refractivity contribution >= 4 is 11.3 Å². The van der Waals surface area contributed by atoms with Crippen LogP contribution >= 0.6 is 11.3 Å². The first kappa shape index (κ1) is 13.5. The first-order chi connectivity index (χ1) is 9.27. The van der Waals surface area contributed by atoms with Crippen LogP contribution in [0.25, 0.3) is 0 Å². The molecule has 1 N–H and O–H groups in total. The number of rotatable bonds is 3. The number of piperidine rings is 1. The van der Waals surface area contributed by atoms with Gasteiger partial charge in [0.25, 0.3) is 0 Å². The van der Waals surface area contributed by atoms with Gasteiger partial charge in [0.1, 0.15) is 5.01 Å². The topological polar surface area (TPSA) is 28.2 Å². The Kier molecular flexibility index (Phi) is 3.92. The molecule has 1 aliphatic carbocycles. The molecule has 1 saturated heterocycles. The molecule has 0 amide bonds. The number of hydrogen-bond donors (Lipinski definition) is 1. The van der Waals surface area contributed by atoms with Crippen molar-refractivity contribution in [2.75, 3.05) is 26.7 Å². The minimum atomic E-state index is 0.147. The van der Waals surface area contributed by atoms with Gasteiger partial charge in [0.15, 0.2) is 0 Å². The van der Waals surface area contributed by atoms with Crippen LogP contribution < -0.4 is 5.32 Å². The number of aryl methyl sites for hydroxylation is 2. The largest absolute Gasteiger partial charge is 0.308 e. The quantitative estimate of drug-likeness (QED) is 0.921. The van der Waals surface area contributed by atoms with E-state index in [-0.39, 0.29) is 5.54 Å². The van der Waals surface area contributed by atoms with E-state index >= 15 is 0 Å². The Morgan fingerprint density at radius 3 is 2.63 bits per heavy atom. The molecule has 0 saturated carbocycles. The monoisotopic (exact) mass is 279 g/mol. The van der Waals surface area contributed by atoms with Gasteiger partial charge in [-0.25, -0.2) is 4.98 Å². The van der Waals surface area contributed by atoms with Crippen molar-refractivity contribution in [3.05, 3.63) is 15.6 Å². The number of likely N-dealkylation sites (tertiary alicyclic amines) is 1. The summed E-state index contributed by atoms with van der Waals surface area (Å²) >= 11 is 1.98. The van der Waals surface area contributed by atoms with Crippen LogP contribution in [0.15, 0.2) is 0 Å². The molecule has 1 aromatic rings. The van der Waals surface area contributed by atoms with Gasteiger partial charge in [0, 0.05) is 18.0 Å². The summed E-state index contributed by atoms with van der Waals surface area (Å²) in [6.45, 7) is 5.83. The van der Waals surface area contributed by atoms with Crippen LogP contribution in [0.3, 0.4) is 0 Å². The van der Waals surface area contributed by atoms with Gasteiger partial charge >= 0.3 is 0 Å². The third kappa shape index (κ3) is 2.46. The van der Waals surface area contributed by atoms with E-state index in [1.54, 1.807) is 4.88 Å². The molecule has 0 bridgehead atoms. The van der Waals surface area contributed by atoms with Gasteiger partial charge < -0.3 is 10.2 Å². The maximum absolute atomic E-state index is 5.01. The average Bonchev–Trinajstić information content (AvgIpc) is 2.92. The van der Waals surface area contributed by atoms with Crippen LogP contribution in [0, 0.1) is 0 Å². The Morgan fingerprint density at radius 2 is 2.00 bits per heavy atom. The molecule has 2 heterocycles. The van der Waals surface area contributed by atoms with Crippen molar-refractivity contribution in [3.8, 4) is 0 Å². The fraction of sp³-hybridized carbons (Fsp3) is 0.800. The highest BCUT2D eigenvalue weighted by atomic mass is 32.1. The minimum absolute atomic E-state index is 0.147. The Hall–Kier alpha value is -0.450. The van der Waals surface area contributed by atoms with E-state index in [4.69, 9.17) is 4.98 Å². The van der Waals surface area contributed by atoms with Gasteiger partial charge in [0.2, 0.25) is 0 Å². The van der Waals surface area contributed by atoms with E-state index < -0.39 is 0 Å². The predicted molar refractivity (Wildman–Crippen MR) is 80.8 cm³/mol.